The highest BCUT2D eigenvalue weighted by Gasteiger charge is 2.15. The first-order chi connectivity index (χ1) is 6.22. The summed E-state index contributed by atoms with van der Waals surface area (Å²) < 4.78 is 0.435. The molecule has 0 aliphatic heterocycles. The second-order valence-corrected chi connectivity index (χ2v) is 3.27. The molecule has 72 valence electrons. The van der Waals surface area contributed by atoms with Crippen LogP contribution in [0.3, 0.4) is 0 Å². The minimum absolute atomic E-state index is 0.0320. The lowest BCUT2D eigenvalue weighted by molar-refractivity contribution is 0.975. The minimum Gasteiger partial charge on any atom is -0.382 e. The van der Waals surface area contributed by atoms with E-state index in [9.17, 15) is 4.79 Å². The Hall–Kier alpha value is -0.900. The molecule has 4 heteroatoms. The lowest BCUT2D eigenvalue weighted by Gasteiger charge is -2.14. The first-order valence-electron chi connectivity index (χ1n) is 4.53. The Morgan fingerprint density at radius 3 is 2.46 bits per heavy atom. The van der Waals surface area contributed by atoms with Crippen LogP contribution in [-0.2, 0) is 0 Å². The van der Waals surface area contributed by atoms with Crippen LogP contribution in [0.15, 0.2) is 4.79 Å². The maximum absolute atomic E-state index is 11.2. The molecule has 1 aromatic carbocycles. The van der Waals surface area contributed by atoms with Crippen LogP contribution in [0.4, 0.5) is 11.4 Å². The number of nitrogens with one attached hydrogen (secondary N) is 2. The van der Waals surface area contributed by atoms with Crippen molar-refractivity contribution in [1.29, 1.82) is 0 Å². The van der Waals surface area contributed by atoms with Crippen molar-refractivity contribution in [2.45, 2.75) is 20.3 Å². The molecule has 13 heavy (non-hydrogen) atoms. The van der Waals surface area contributed by atoms with Gasteiger partial charge in [-0.3, -0.25) is 4.79 Å². The van der Waals surface area contributed by atoms with Crippen molar-refractivity contribution >= 4 is 23.6 Å². The molecular weight excluding hydrogens is 184 g/mol. The predicted molar refractivity (Wildman–Crippen MR) is 58.9 cm³/mol. The highest BCUT2D eigenvalue weighted by atomic mass is 32.1. The van der Waals surface area contributed by atoms with E-state index in [4.69, 9.17) is 12.2 Å². The molecule has 0 fully saturated rings. The fourth-order valence-corrected chi connectivity index (χ4v) is 1.43. The summed E-state index contributed by atoms with van der Waals surface area (Å²) in [5.41, 5.74) is 1.44. The van der Waals surface area contributed by atoms with Gasteiger partial charge in [-0.05, 0) is 13.3 Å². The Morgan fingerprint density at radius 1 is 1.23 bits per heavy atom. The number of anilines is 2. The highest BCUT2D eigenvalue weighted by Crippen LogP contribution is 2.22. The van der Waals surface area contributed by atoms with E-state index >= 15 is 0 Å². The summed E-state index contributed by atoms with van der Waals surface area (Å²) in [6.07, 6.45) is 1.03. The van der Waals surface area contributed by atoms with Crippen molar-refractivity contribution in [3.8, 4) is 0 Å². The quantitative estimate of drug-likeness (QED) is 0.709. The van der Waals surface area contributed by atoms with Gasteiger partial charge in [0, 0.05) is 13.1 Å². The van der Waals surface area contributed by atoms with E-state index in [1.807, 2.05) is 6.92 Å². The second-order valence-electron chi connectivity index (χ2n) is 2.87. The summed E-state index contributed by atoms with van der Waals surface area (Å²) in [5.74, 6) is 0. The van der Waals surface area contributed by atoms with Crippen molar-refractivity contribution < 1.29 is 0 Å². The molecule has 0 unspecified atom stereocenters. The van der Waals surface area contributed by atoms with Gasteiger partial charge in [0.05, 0.1) is 5.69 Å². The topological polar surface area (TPSA) is 41.1 Å². The molecule has 3 nitrogen and oxygen atoms in total. The first kappa shape index (κ1) is 10.2. The van der Waals surface area contributed by atoms with E-state index < -0.39 is 0 Å². The van der Waals surface area contributed by atoms with Gasteiger partial charge in [-0.2, -0.15) is 0 Å². The largest absolute Gasteiger partial charge is 0.382 e. The van der Waals surface area contributed by atoms with Crippen molar-refractivity contribution in [3.63, 3.8) is 0 Å². The van der Waals surface area contributed by atoms with Crippen LogP contribution in [0.1, 0.15) is 20.3 Å². The molecule has 0 aliphatic carbocycles. The van der Waals surface area contributed by atoms with Crippen LogP contribution >= 0.6 is 12.2 Å². The third-order valence-corrected chi connectivity index (χ3v) is 2.21. The van der Waals surface area contributed by atoms with E-state index in [2.05, 4.69) is 17.6 Å². The van der Waals surface area contributed by atoms with Crippen LogP contribution in [-0.4, -0.2) is 13.1 Å². The molecule has 0 saturated heterocycles. The van der Waals surface area contributed by atoms with Crippen LogP contribution in [0.25, 0.3) is 0 Å². The van der Waals surface area contributed by atoms with Gasteiger partial charge in [0.25, 0.3) is 0 Å². The van der Waals surface area contributed by atoms with Crippen LogP contribution < -0.4 is 16.1 Å². The average molecular weight is 198 g/mol. The Bertz CT molecular complexity index is 352. The predicted octanol–water partition coefficient (Wildman–Crippen LogP) is 1.91. The Labute approximate surface area is 82.9 Å². The van der Waals surface area contributed by atoms with E-state index in [1.165, 1.54) is 0 Å². The van der Waals surface area contributed by atoms with Crippen molar-refractivity contribution in [1.82, 2.24) is 0 Å². The summed E-state index contributed by atoms with van der Waals surface area (Å²) in [4.78, 5) is 11.2. The molecule has 0 heterocycles. The lowest BCUT2D eigenvalue weighted by atomic mass is 10.2. The van der Waals surface area contributed by atoms with Crippen LogP contribution in [0.2, 0.25) is 0 Å². The standard InChI is InChI=1S/C9H14N2OS/c1-3-5-11-7-6(10-4-2)8(12)9(7)13/h10-11H,3-5H2,1-2H3. The molecule has 0 radical (unpaired) electrons. The zero-order valence-corrected chi connectivity index (χ0v) is 8.75. The highest BCUT2D eigenvalue weighted by molar-refractivity contribution is 7.71. The maximum atomic E-state index is 11.2. The lowest BCUT2D eigenvalue weighted by Crippen LogP contribution is -2.21. The van der Waals surface area contributed by atoms with Gasteiger partial charge in [-0.25, -0.2) is 0 Å². The normalized spacial score (nSPS) is 10.3. The fourth-order valence-electron chi connectivity index (χ4n) is 1.16. The Morgan fingerprint density at radius 2 is 1.92 bits per heavy atom. The zero-order chi connectivity index (χ0) is 9.84. The van der Waals surface area contributed by atoms with Gasteiger partial charge in [-0.1, -0.05) is 19.1 Å². The number of hydrogen-bond acceptors (Lipinski definition) is 4. The number of rotatable bonds is 5. The van der Waals surface area contributed by atoms with Crippen molar-refractivity contribution in [3.05, 3.63) is 14.7 Å². The molecular formula is C9H14N2OS. The van der Waals surface area contributed by atoms with Gasteiger partial charge in [0.2, 0.25) is 5.43 Å². The summed E-state index contributed by atoms with van der Waals surface area (Å²) >= 11 is 4.92. The minimum atomic E-state index is -0.0320. The molecule has 1 aromatic rings. The van der Waals surface area contributed by atoms with E-state index in [0.29, 0.717) is 10.2 Å². The Kier molecular flexibility index (Phi) is 3.42. The number of hydrogen-bond donors (Lipinski definition) is 2. The van der Waals surface area contributed by atoms with Gasteiger partial charge in [0.15, 0.2) is 0 Å². The van der Waals surface area contributed by atoms with Gasteiger partial charge < -0.3 is 10.6 Å². The van der Waals surface area contributed by atoms with Crippen LogP contribution in [0.5, 0.6) is 0 Å². The van der Waals surface area contributed by atoms with E-state index in [0.717, 1.165) is 25.2 Å². The fraction of sp³-hybridized carbons (Fsp3) is 0.556. The zero-order valence-electron chi connectivity index (χ0n) is 7.94. The van der Waals surface area contributed by atoms with E-state index in [-0.39, 0.29) is 5.43 Å². The van der Waals surface area contributed by atoms with Gasteiger partial charge in [-0.15, -0.1) is 0 Å². The summed E-state index contributed by atoms with van der Waals surface area (Å²) in [6.45, 7) is 5.64. The smallest absolute Gasteiger partial charge is 0.223 e. The Balaban J connectivity index is 2.76. The van der Waals surface area contributed by atoms with Crippen LogP contribution in [0, 0.1) is 4.51 Å². The monoisotopic (exact) mass is 198 g/mol. The SMILES string of the molecule is CCCNc1c(NCC)c(=O)c1=S. The molecule has 0 spiro atoms. The third-order valence-electron chi connectivity index (χ3n) is 1.82. The summed E-state index contributed by atoms with van der Waals surface area (Å²) in [6, 6.07) is 0. The molecule has 0 aromatic heterocycles. The molecule has 0 bridgehead atoms. The molecule has 2 N–H and O–H groups in total. The van der Waals surface area contributed by atoms with Crippen molar-refractivity contribution in [2.24, 2.45) is 0 Å². The van der Waals surface area contributed by atoms with Gasteiger partial charge >= 0.3 is 0 Å². The molecule has 0 aliphatic rings. The average Bonchev–Trinajstić information content (AvgIpc) is 2.16. The molecule has 1 rings (SSSR count). The maximum Gasteiger partial charge on any atom is 0.223 e. The van der Waals surface area contributed by atoms with Crippen molar-refractivity contribution in [2.75, 3.05) is 23.7 Å². The second kappa shape index (κ2) is 4.37. The van der Waals surface area contributed by atoms with Gasteiger partial charge in [0.1, 0.15) is 10.2 Å². The van der Waals surface area contributed by atoms with E-state index in [1.54, 1.807) is 0 Å². The molecule has 0 saturated carbocycles. The molecule has 0 atom stereocenters. The summed E-state index contributed by atoms with van der Waals surface area (Å²) in [5, 5.41) is 6.14. The third kappa shape index (κ3) is 1.88. The summed E-state index contributed by atoms with van der Waals surface area (Å²) in [7, 11) is 0. The first-order valence-corrected chi connectivity index (χ1v) is 4.94. The molecule has 0 amide bonds.